The average Bonchev–Trinajstić information content (AvgIpc) is 2.75. The van der Waals surface area contributed by atoms with E-state index in [9.17, 15) is 0 Å². The summed E-state index contributed by atoms with van der Waals surface area (Å²) in [5.74, 6) is 0.924. The van der Waals surface area contributed by atoms with E-state index in [0.29, 0.717) is 0 Å². The SMILES string of the molecule is Cn1cnnc1-c1ccc2c(c1)CNCC2. The lowest BCUT2D eigenvalue weighted by atomic mass is 9.98. The van der Waals surface area contributed by atoms with Gasteiger partial charge in [0.25, 0.3) is 0 Å². The quantitative estimate of drug-likeness (QED) is 0.773. The fourth-order valence-corrected chi connectivity index (χ4v) is 2.16. The van der Waals surface area contributed by atoms with Gasteiger partial charge in [-0.1, -0.05) is 12.1 Å². The maximum atomic E-state index is 4.13. The molecular weight excluding hydrogens is 200 g/mol. The van der Waals surface area contributed by atoms with E-state index in [-0.39, 0.29) is 0 Å². The second-order valence-corrected chi connectivity index (χ2v) is 4.18. The molecule has 2 heterocycles. The molecule has 0 amide bonds. The van der Waals surface area contributed by atoms with E-state index in [4.69, 9.17) is 0 Å². The van der Waals surface area contributed by atoms with Crippen LogP contribution in [0, 0.1) is 0 Å². The normalized spacial score (nSPS) is 14.8. The molecule has 4 nitrogen and oxygen atoms in total. The van der Waals surface area contributed by atoms with E-state index >= 15 is 0 Å². The van der Waals surface area contributed by atoms with Crippen molar-refractivity contribution in [2.75, 3.05) is 6.54 Å². The van der Waals surface area contributed by atoms with Crippen molar-refractivity contribution in [1.82, 2.24) is 20.1 Å². The highest BCUT2D eigenvalue weighted by molar-refractivity contribution is 5.57. The van der Waals surface area contributed by atoms with Gasteiger partial charge in [0.15, 0.2) is 5.82 Å². The molecule has 3 rings (SSSR count). The van der Waals surface area contributed by atoms with E-state index in [1.807, 2.05) is 11.6 Å². The van der Waals surface area contributed by atoms with Crippen LogP contribution in [0.5, 0.6) is 0 Å². The largest absolute Gasteiger partial charge is 0.317 e. The van der Waals surface area contributed by atoms with Crippen molar-refractivity contribution in [3.8, 4) is 11.4 Å². The Hall–Kier alpha value is -1.68. The highest BCUT2D eigenvalue weighted by Gasteiger charge is 2.11. The lowest BCUT2D eigenvalue weighted by Crippen LogP contribution is -2.23. The fourth-order valence-electron chi connectivity index (χ4n) is 2.16. The molecule has 0 fully saturated rings. The van der Waals surface area contributed by atoms with E-state index in [0.717, 1.165) is 30.9 Å². The maximum Gasteiger partial charge on any atom is 0.163 e. The number of nitrogens with one attached hydrogen (secondary N) is 1. The molecule has 0 aliphatic carbocycles. The van der Waals surface area contributed by atoms with Crippen molar-refractivity contribution in [2.24, 2.45) is 7.05 Å². The number of benzene rings is 1. The van der Waals surface area contributed by atoms with Crippen molar-refractivity contribution in [3.63, 3.8) is 0 Å². The van der Waals surface area contributed by atoms with Crippen LogP contribution in [0.1, 0.15) is 11.1 Å². The first-order valence-corrected chi connectivity index (χ1v) is 5.51. The molecular formula is C12H14N4. The highest BCUT2D eigenvalue weighted by atomic mass is 15.2. The topological polar surface area (TPSA) is 42.7 Å². The minimum Gasteiger partial charge on any atom is -0.317 e. The van der Waals surface area contributed by atoms with Gasteiger partial charge in [0.1, 0.15) is 6.33 Å². The number of rotatable bonds is 1. The van der Waals surface area contributed by atoms with Gasteiger partial charge >= 0.3 is 0 Å². The zero-order chi connectivity index (χ0) is 11.0. The number of fused-ring (bicyclic) bond motifs is 1. The lowest BCUT2D eigenvalue weighted by molar-refractivity contribution is 0.644. The van der Waals surface area contributed by atoms with Gasteiger partial charge in [0, 0.05) is 19.2 Å². The Kier molecular flexibility index (Phi) is 2.22. The monoisotopic (exact) mass is 214 g/mol. The number of nitrogens with zero attached hydrogens (tertiary/aromatic N) is 3. The molecule has 1 aliphatic heterocycles. The molecule has 0 unspecified atom stereocenters. The number of hydrogen-bond acceptors (Lipinski definition) is 3. The molecule has 0 bridgehead atoms. The molecule has 82 valence electrons. The minimum absolute atomic E-state index is 0.924. The van der Waals surface area contributed by atoms with Crippen molar-refractivity contribution in [2.45, 2.75) is 13.0 Å². The molecule has 1 N–H and O–H groups in total. The smallest absolute Gasteiger partial charge is 0.163 e. The summed E-state index contributed by atoms with van der Waals surface area (Å²) in [5, 5.41) is 11.4. The van der Waals surface area contributed by atoms with Crippen LogP contribution >= 0.6 is 0 Å². The van der Waals surface area contributed by atoms with Crippen molar-refractivity contribution < 1.29 is 0 Å². The summed E-state index contributed by atoms with van der Waals surface area (Å²) in [6.07, 6.45) is 2.85. The molecule has 2 aromatic rings. The Morgan fingerprint density at radius 2 is 2.25 bits per heavy atom. The van der Waals surface area contributed by atoms with Gasteiger partial charge in [-0.05, 0) is 30.2 Å². The van der Waals surface area contributed by atoms with Crippen molar-refractivity contribution in [3.05, 3.63) is 35.7 Å². The maximum absolute atomic E-state index is 4.13. The van der Waals surface area contributed by atoms with E-state index in [1.165, 1.54) is 11.1 Å². The second kappa shape index (κ2) is 3.72. The first-order chi connectivity index (χ1) is 7.84. The summed E-state index contributed by atoms with van der Waals surface area (Å²) in [6.45, 7) is 2.04. The summed E-state index contributed by atoms with van der Waals surface area (Å²) < 4.78 is 1.94. The van der Waals surface area contributed by atoms with Gasteiger partial charge in [-0.25, -0.2) is 0 Å². The summed E-state index contributed by atoms with van der Waals surface area (Å²) in [6, 6.07) is 6.56. The number of aryl methyl sites for hydroxylation is 1. The molecule has 0 spiro atoms. The van der Waals surface area contributed by atoms with Gasteiger partial charge < -0.3 is 9.88 Å². The van der Waals surface area contributed by atoms with Crippen molar-refractivity contribution in [1.29, 1.82) is 0 Å². The van der Waals surface area contributed by atoms with Gasteiger partial charge in [0.2, 0.25) is 0 Å². The predicted octanol–water partition coefficient (Wildman–Crippen LogP) is 1.13. The molecule has 1 aliphatic rings. The highest BCUT2D eigenvalue weighted by Crippen LogP contribution is 2.22. The third-order valence-corrected chi connectivity index (χ3v) is 3.06. The summed E-state index contributed by atoms with van der Waals surface area (Å²) >= 11 is 0. The van der Waals surface area contributed by atoms with Crippen LogP contribution in [0.25, 0.3) is 11.4 Å². The first kappa shape index (κ1) is 9.54. The number of aromatic nitrogens is 3. The van der Waals surface area contributed by atoms with Crippen LogP contribution in [0.2, 0.25) is 0 Å². The lowest BCUT2D eigenvalue weighted by Gasteiger charge is -2.17. The fraction of sp³-hybridized carbons (Fsp3) is 0.333. The molecule has 16 heavy (non-hydrogen) atoms. The summed E-state index contributed by atoms with van der Waals surface area (Å²) in [7, 11) is 1.97. The van der Waals surface area contributed by atoms with E-state index in [2.05, 4.69) is 33.7 Å². The molecule has 0 saturated heterocycles. The van der Waals surface area contributed by atoms with Crippen LogP contribution in [0.4, 0.5) is 0 Å². The third kappa shape index (κ3) is 1.51. The average molecular weight is 214 g/mol. The number of hydrogen-bond donors (Lipinski definition) is 1. The Bertz CT molecular complexity index is 515. The Balaban J connectivity index is 2.06. The van der Waals surface area contributed by atoms with Gasteiger partial charge in [-0.3, -0.25) is 0 Å². The molecule has 4 heteroatoms. The van der Waals surface area contributed by atoms with Gasteiger partial charge in [-0.2, -0.15) is 0 Å². The van der Waals surface area contributed by atoms with Gasteiger partial charge in [-0.15, -0.1) is 10.2 Å². The van der Waals surface area contributed by atoms with Crippen LogP contribution in [0.15, 0.2) is 24.5 Å². The van der Waals surface area contributed by atoms with E-state index in [1.54, 1.807) is 6.33 Å². The standard InChI is InChI=1S/C12H14N4/c1-16-8-14-15-12(16)10-3-2-9-4-5-13-7-11(9)6-10/h2-3,6,8,13H,4-5,7H2,1H3. The summed E-state index contributed by atoms with van der Waals surface area (Å²) in [5.41, 5.74) is 3.97. The molecule has 0 radical (unpaired) electrons. The zero-order valence-electron chi connectivity index (χ0n) is 9.27. The molecule has 1 aromatic heterocycles. The van der Waals surface area contributed by atoms with E-state index < -0.39 is 0 Å². The first-order valence-electron chi connectivity index (χ1n) is 5.51. The van der Waals surface area contributed by atoms with Crippen LogP contribution in [-0.4, -0.2) is 21.3 Å². The minimum atomic E-state index is 0.924. The van der Waals surface area contributed by atoms with Crippen molar-refractivity contribution >= 4 is 0 Å². The molecule has 1 aromatic carbocycles. The van der Waals surface area contributed by atoms with Gasteiger partial charge in [0.05, 0.1) is 0 Å². The van der Waals surface area contributed by atoms with Crippen LogP contribution < -0.4 is 5.32 Å². The van der Waals surface area contributed by atoms with Crippen LogP contribution in [0.3, 0.4) is 0 Å². The Labute approximate surface area is 94.3 Å². The van der Waals surface area contributed by atoms with Crippen LogP contribution in [-0.2, 0) is 20.0 Å². The third-order valence-electron chi connectivity index (χ3n) is 3.06. The molecule has 0 atom stereocenters. The second-order valence-electron chi connectivity index (χ2n) is 4.18. The zero-order valence-corrected chi connectivity index (χ0v) is 9.27. The predicted molar refractivity (Wildman–Crippen MR) is 61.8 cm³/mol. The summed E-state index contributed by atoms with van der Waals surface area (Å²) in [4.78, 5) is 0. The Morgan fingerprint density at radius 3 is 3.06 bits per heavy atom. The Morgan fingerprint density at radius 1 is 1.31 bits per heavy atom. The molecule has 0 saturated carbocycles.